The van der Waals surface area contributed by atoms with Gasteiger partial charge in [0, 0.05) is 25.8 Å². The highest BCUT2D eigenvalue weighted by atomic mass is 19.4. The summed E-state index contributed by atoms with van der Waals surface area (Å²) < 4.78 is 41.8. The molecule has 0 saturated carbocycles. The zero-order valence-corrected chi connectivity index (χ0v) is 17.3. The third-order valence-corrected chi connectivity index (χ3v) is 5.27. The van der Waals surface area contributed by atoms with Gasteiger partial charge in [-0.2, -0.15) is 18.3 Å². The van der Waals surface area contributed by atoms with Crippen LogP contribution in [-0.4, -0.2) is 84.7 Å². The van der Waals surface area contributed by atoms with Gasteiger partial charge in [0.25, 0.3) is 0 Å². The summed E-state index contributed by atoms with van der Waals surface area (Å²) in [4.78, 5) is 13.6. The van der Waals surface area contributed by atoms with E-state index in [1.807, 2.05) is 25.1 Å². The van der Waals surface area contributed by atoms with Gasteiger partial charge >= 0.3 is 6.18 Å². The molecule has 1 fully saturated rings. The molecule has 168 valence electrons. The lowest BCUT2D eigenvalue weighted by Gasteiger charge is -2.39. The van der Waals surface area contributed by atoms with E-state index < -0.39 is 12.8 Å². The molecule has 4 rings (SSSR count). The number of hydrogen-bond donors (Lipinski definition) is 1. The minimum Gasteiger partial charge on any atom is -0.370 e. The highest BCUT2D eigenvalue weighted by Gasteiger charge is 2.41. The second kappa shape index (κ2) is 9.23. The molecule has 1 N–H and O–H groups in total. The fraction of sp³-hybridized carbons (Fsp3) is 0.550. The van der Waals surface area contributed by atoms with Crippen LogP contribution < -0.4 is 10.2 Å². The summed E-state index contributed by atoms with van der Waals surface area (Å²) in [6.07, 6.45) is 0.167. The second-order valence-corrected chi connectivity index (χ2v) is 7.57. The van der Waals surface area contributed by atoms with Crippen molar-refractivity contribution in [3.8, 4) is 0 Å². The Bertz CT molecular complexity index is 848. The lowest BCUT2D eigenvalue weighted by atomic mass is 10.1. The van der Waals surface area contributed by atoms with E-state index >= 15 is 0 Å². The summed E-state index contributed by atoms with van der Waals surface area (Å²) in [5, 5.41) is 9.66. The monoisotopic (exact) mass is 437 g/mol. The third-order valence-electron chi connectivity index (χ3n) is 5.27. The number of hydrazone groups is 1. The van der Waals surface area contributed by atoms with E-state index in [-0.39, 0.29) is 19.2 Å². The number of ether oxygens (including phenoxy) is 1. The quantitative estimate of drug-likeness (QED) is 0.711. The molecule has 1 aromatic rings. The summed E-state index contributed by atoms with van der Waals surface area (Å²) in [6.45, 7) is 4.30. The first-order chi connectivity index (χ1) is 14.9. The molecule has 0 amide bonds. The molecule has 8 nitrogen and oxygen atoms in total. The molecule has 1 unspecified atom stereocenters. The molecule has 1 saturated heterocycles. The predicted octanol–water partition coefficient (Wildman–Crippen LogP) is 2.03. The maximum absolute atomic E-state index is 12.4. The summed E-state index contributed by atoms with van der Waals surface area (Å²) in [5.74, 6) is 1.56. The molecule has 1 aromatic heterocycles. The standard InChI is InChI=1S/C20H26F3N7O/c1-15-18-16(29(27-15)11-12-31-14-20(21,22)23)13-26-19(28-9-4-6-24-8-10-28)30(18)17-5-2-3-7-25-17/h2-3,5,7,13,18,24H,4,6,8-12,14H2,1H3. The number of alkyl halides is 3. The zero-order valence-electron chi connectivity index (χ0n) is 17.3. The SMILES string of the molecule is CC1=NN(CCOCC(F)(F)F)C2=CN=C(N3CCCNCC3)N(c3ccccn3)C21. The van der Waals surface area contributed by atoms with Gasteiger partial charge in [0.2, 0.25) is 5.96 Å². The average Bonchev–Trinajstić information content (AvgIpc) is 2.92. The van der Waals surface area contributed by atoms with E-state index in [0.717, 1.165) is 55.8 Å². The molecule has 3 aliphatic rings. The van der Waals surface area contributed by atoms with E-state index in [1.54, 1.807) is 17.4 Å². The predicted molar refractivity (Wildman–Crippen MR) is 112 cm³/mol. The summed E-state index contributed by atoms with van der Waals surface area (Å²) in [6, 6.07) is 5.49. The molecule has 4 heterocycles. The van der Waals surface area contributed by atoms with E-state index in [1.165, 1.54) is 0 Å². The van der Waals surface area contributed by atoms with Crippen molar-refractivity contribution in [3.05, 3.63) is 36.3 Å². The second-order valence-electron chi connectivity index (χ2n) is 7.57. The highest BCUT2D eigenvalue weighted by Crippen LogP contribution is 2.32. The number of hydrogen-bond acceptors (Lipinski definition) is 8. The molecular weight excluding hydrogens is 411 g/mol. The van der Waals surface area contributed by atoms with Gasteiger partial charge in [-0.3, -0.25) is 9.91 Å². The lowest BCUT2D eigenvalue weighted by Crippen LogP contribution is -2.54. The Morgan fingerprint density at radius 1 is 1.23 bits per heavy atom. The largest absolute Gasteiger partial charge is 0.411 e. The van der Waals surface area contributed by atoms with E-state index in [2.05, 4.69) is 25.2 Å². The molecule has 0 radical (unpaired) electrons. The van der Waals surface area contributed by atoms with Crippen molar-refractivity contribution in [3.63, 3.8) is 0 Å². The molecule has 0 aliphatic carbocycles. The maximum Gasteiger partial charge on any atom is 0.411 e. The lowest BCUT2D eigenvalue weighted by molar-refractivity contribution is -0.174. The van der Waals surface area contributed by atoms with Crippen LogP contribution in [0.5, 0.6) is 0 Å². The Labute approximate surface area is 179 Å². The van der Waals surface area contributed by atoms with Gasteiger partial charge in [-0.1, -0.05) is 6.07 Å². The van der Waals surface area contributed by atoms with Crippen molar-refractivity contribution in [1.29, 1.82) is 0 Å². The Morgan fingerprint density at radius 2 is 2.10 bits per heavy atom. The van der Waals surface area contributed by atoms with E-state index in [0.29, 0.717) is 0 Å². The van der Waals surface area contributed by atoms with Crippen LogP contribution in [0.2, 0.25) is 0 Å². The van der Waals surface area contributed by atoms with Crippen LogP contribution in [0, 0.1) is 0 Å². The number of aliphatic imine (C=N–C) groups is 1. The van der Waals surface area contributed by atoms with Crippen molar-refractivity contribution in [1.82, 2.24) is 20.2 Å². The molecule has 0 spiro atoms. The molecule has 31 heavy (non-hydrogen) atoms. The van der Waals surface area contributed by atoms with Gasteiger partial charge in [0.15, 0.2) is 0 Å². The fourth-order valence-electron chi connectivity index (χ4n) is 3.94. The van der Waals surface area contributed by atoms with Crippen LogP contribution >= 0.6 is 0 Å². The summed E-state index contributed by atoms with van der Waals surface area (Å²) in [7, 11) is 0. The number of nitrogens with zero attached hydrogens (tertiary/aromatic N) is 6. The number of halogens is 3. The smallest absolute Gasteiger partial charge is 0.370 e. The van der Waals surface area contributed by atoms with Gasteiger partial charge in [0.1, 0.15) is 18.5 Å². The van der Waals surface area contributed by atoms with Crippen LogP contribution in [0.4, 0.5) is 19.0 Å². The first-order valence-corrected chi connectivity index (χ1v) is 10.3. The van der Waals surface area contributed by atoms with Crippen LogP contribution in [-0.2, 0) is 4.74 Å². The van der Waals surface area contributed by atoms with Crippen LogP contribution in [0.1, 0.15) is 13.3 Å². The minimum absolute atomic E-state index is 0.0850. The number of guanidine groups is 1. The zero-order chi connectivity index (χ0) is 21.8. The van der Waals surface area contributed by atoms with Gasteiger partial charge in [-0.15, -0.1) is 0 Å². The maximum atomic E-state index is 12.4. The molecule has 0 aromatic carbocycles. The Balaban J connectivity index is 1.58. The Kier molecular flexibility index (Phi) is 6.42. The van der Waals surface area contributed by atoms with Gasteiger partial charge in [0.05, 0.1) is 30.8 Å². The molecule has 3 aliphatic heterocycles. The van der Waals surface area contributed by atoms with E-state index in [9.17, 15) is 13.2 Å². The number of fused-ring (bicyclic) bond motifs is 1. The van der Waals surface area contributed by atoms with Crippen molar-refractivity contribution in [2.75, 3.05) is 50.8 Å². The number of pyridine rings is 1. The fourth-order valence-corrected chi connectivity index (χ4v) is 3.94. The van der Waals surface area contributed by atoms with Crippen LogP contribution in [0.3, 0.4) is 0 Å². The third kappa shape index (κ3) is 4.99. The number of nitrogens with one attached hydrogen (secondary N) is 1. The van der Waals surface area contributed by atoms with Crippen molar-refractivity contribution >= 4 is 17.5 Å². The van der Waals surface area contributed by atoms with Gasteiger partial charge in [-0.25, -0.2) is 9.98 Å². The van der Waals surface area contributed by atoms with Crippen LogP contribution in [0.25, 0.3) is 0 Å². The number of rotatable bonds is 5. The molecular formula is C20H26F3N7O. The normalized spacial score (nSPS) is 22.0. The minimum atomic E-state index is -4.34. The Hall–Kier alpha value is -2.66. The number of aromatic nitrogens is 1. The van der Waals surface area contributed by atoms with Gasteiger partial charge in [-0.05, 0) is 32.0 Å². The van der Waals surface area contributed by atoms with Crippen molar-refractivity contribution < 1.29 is 17.9 Å². The molecule has 1 atom stereocenters. The Morgan fingerprint density at radius 3 is 2.87 bits per heavy atom. The van der Waals surface area contributed by atoms with Crippen LogP contribution in [0.15, 0.2) is 46.4 Å². The summed E-state index contributed by atoms with van der Waals surface area (Å²) in [5.41, 5.74) is 1.63. The molecule has 11 heteroatoms. The molecule has 0 bridgehead atoms. The van der Waals surface area contributed by atoms with Gasteiger partial charge < -0.3 is 15.0 Å². The van der Waals surface area contributed by atoms with E-state index in [4.69, 9.17) is 9.73 Å². The highest BCUT2D eigenvalue weighted by molar-refractivity contribution is 6.07. The first kappa shape index (κ1) is 21.6. The topological polar surface area (TPSA) is 68.6 Å². The van der Waals surface area contributed by atoms with Crippen molar-refractivity contribution in [2.45, 2.75) is 25.6 Å². The average molecular weight is 437 g/mol. The first-order valence-electron chi connectivity index (χ1n) is 10.3. The summed E-state index contributed by atoms with van der Waals surface area (Å²) >= 11 is 0. The van der Waals surface area contributed by atoms with Crippen molar-refractivity contribution in [2.24, 2.45) is 10.1 Å². The number of anilines is 1.